The maximum Gasteiger partial charge on any atom is 0.343 e. The lowest BCUT2D eigenvalue weighted by Crippen LogP contribution is -2.17. The third-order valence-corrected chi connectivity index (χ3v) is 4.35. The van der Waals surface area contributed by atoms with Gasteiger partial charge in [0.05, 0.1) is 5.25 Å². The Kier molecular flexibility index (Phi) is 4.68. The highest BCUT2D eigenvalue weighted by Crippen LogP contribution is 2.36. The van der Waals surface area contributed by atoms with Gasteiger partial charge in [0.2, 0.25) is 0 Å². The van der Waals surface area contributed by atoms with Crippen LogP contribution in [0.2, 0.25) is 5.02 Å². The van der Waals surface area contributed by atoms with Gasteiger partial charge in [0.1, 0.15) is 0 Å². The van der Waals surface area contributed by atoms with Gasteiger partial charge in [-0.25, -0.2) is 9.89 Å². The zero-order chi connectivity index (χ0) is 13.8. The second-order valence-corrected chi connectivity index (χ2v) is 5.50. The number of hydrogen-bond donors (Lipinski definition) is 2. The highest BCUT2D eigenvalue weighted by atomic mass is 35.5. The Labute approximate surface area is 120 Å². The molecule has 1 aromatic heterocycles. The Balaban J connectivity index is 2.29. The monoisotopic (exact) mass is 298 g/mol. The van der Waals surface area contributed by atoms with E-state index >= 15 is 0 Å². The van der Waals surface area contributed by atoms with Crippen LogP contribution >= 0.6 is 23.4 Å². The average molecular weight is 299 g/mol. The van der Waals surface area contributed by atoms with Gasteiger partial charge in [-0.2, -0.15) is 0 Å². The Morgan fingerprint density at radius 3 is 2.89 bits per heavy atom. The number of benzene rings is 1. The van der Waals surface area contributed by atoms with E-state index < -0.39 is 0 Å². The molecule has 0 saturated carbocycles. The van der Waals surface area contributed by atoms with E-state index in [9.17, 15) is 4.79 Å². The van der Waals surface area contributed by atoms with Crippen molar-refractivity contribution in [3.8, 4) is 0 Å². The lowest BCUT2D eigenvalue weighted by atomic mass is 10.1. The van der Waals surface area contributed by atoms with Crippen molar-refractivity contribution in [2.45, 2.75) is 23.9 Å². The van der Waals surface area contributed by atoms with Crippen LogP contribution in [0.1, 0.15) is 17.7 Å². The van der Waals surface area contributed by atoms with Crippen LogP contribution in [-0.2, 0) is 6.54 Å². The van der Waals surface area contributed by atoms with Crippen LogP contribution in [0.15, 0.2) is 34.2 Å². The van der Waals surface area contributed by atoms with Crippen molar-refractivity contribution in [1.29, 1.82) is 0 Å². The number of H-pyrrole nitrogens is 1. The zero-order valence-corrected chi connectivity index (χ0v) is 12.0. The average Bonchev–Trinajstić information content (AvgIpc) is 2.77. The molecule has 0 fully saturated rings. The highest BCUT2D eigenvalue weighted by molar-refractivity contribution is 7.99. The molecule has 3 N–H and O–H groups in total. The number of nitrogens with two attached hydrogens (primary N) is 1. The van der Waals surface area contributed by atoms with E-state index in [1.807, 2.05) is 31.2 Å². The first-order valence-corrected chi connectivity index (χ1v) is 7.19. The van der Waals surface area contributed by atoms with E-state index in [1.54, 1.807) is 4.57 Å². The first kappa shape index (κ1) is 14.2. The fourth-order valence-corrected chi connectivity index (χ4v) is 3.23. The van der Waals surface area contributed by atoms with Gasteiger partial charge >= 0.3 is 5.69 Å². The molecule has 1 unspecified atom stereocenters. The quantitative estimate of drug-likeness (QED) is 0.828. The number of nitrogens with one attached hydrogen (secondary N) is 1. The summed E-state index contributed by atoms with van der Waals surface area (Å²) >= 11 is 7.62. The normalized spacial score (nSPS) is 12.6. The Bertz CT molecular complexity index is 610. The van der Waals surface area contributed by atoms with Gasteiger partial charge in [-0.1, -0.05) is 41.6 Å². The first-order chi connectivity index (χ1) is 9.17. The van der Waals surface area contributed by atoms with Gasteiger partial charge in [-0.05, 0) is 18.6 Å². The molecule has 0 radical (unpaired) electrons. The van der Waals surface area contributed by atoms with Crippen molar-refractivity contribution in [3.05, 3.63) is 45.3 Å². The maximum atomic E-state index is 11.5. The fraction of sp³-hybridized carbons (Fsp3) is 0.333. The molecular weight excluding hydrogens is 284 g/mol. The van der Waals surface area contributed by atoms with Gasteiger partial charge < -0.3 is 5.73 Å². The van der Waals surface area contributed by atoms with Crippen molar-refractivity contribution in [1.82, 2.24) is 14.8 Å². The molecule has 2 rings (SSSR count). The summed E-state index contributed by atoms with van der Waals surface area (Å²) in [6.07, 6.45) is 0. The molecule has 0 amide bonds. The van der Waals surface area contributed by atoms with Crippen LogP contribution < -0.4 is 11.4 Å². The Morgan fingerprint density at radius 1 is 1.53 bits per heavy atom. The number of rotatable bonds is 5. The van der Waals surface area contributed by atoms with E-state index in [-0.39, 0.29) is 10.9 Å². The molecule has 2 aromatic rings. The molecule has 7 heteroatoms. The second-order valence-electron chi connectivity index (χ2n) is 3.92. The molecule has 0 spiro atoms. The van der Waals surface area contributed by atoms with Gasteiger partial charge in [-0.3, -0.25) is 4.57 Å². The second kappa shape index (κ2) is 6.27. The van der Waals surface area contributed by atoms with Crippen LogP contribution in [0.5, 0.6) is 0 Å². The van der Waals surface area contributed by atoms with Gasteiger partial charge in [0.15, 0.2) is 5.16 Å². The third-order valence-electron chi connectivity index (χ3n) is 2.75. The molecule has 5 nitrogen and oxygen atoms in total. The SMILES string of the molecule is CCn1c(SC(CN)c2ccccc2Cl)n[nH]c1=O. The summed E-state index contributed by atoms with van der Waals surface area (Å²) in [6.45, 7) is 2.88. The fourth-order valence-electron chi connectivity index (χ4n) is 1.77. The van der Waals surface area contributed by atoms with Crippen molar-refractivity contribution >= 4 is 23.4 Å². The minimum atomic E-state index is -0.208. The molecule has 1 atom stereocenters. The lowest BCUT2D eigenvalue weighted by Gasteiger charge is -2.15. The number of aromatic amines is 1. The zero-order valence-electron chi connectivity index (χ0n) is 10.5. The van der Waals surface area contributed by atoms with E-state index in [1.165, 1.54) is 11.8 Å². The minimum Gasteiger partial charge on any atom is -0.329 e. The molecule has 0 aliphatic carbocycles. The van der Waals surface area contributed by atoms with Gasteiger partial charge in [0, 0.05) is 18.1 Å². The van der Waals surface area contributed by atoms with Crippen LogP contribution in [0.25, 0.3) is 0 Å². The molecule has 0 bridgehead atoms. The smallest absolute Gasteiger partial charge is 0.329 e. The number of thioether (sulfide) groups is 1. The van der Waals surface area contributed by atoms with Crippen molar-refractivity contribution in [2.24, 2.45) is 5.73 Å². The maximum absolute atomic E-state index is 11.5. The molecule has 1 heterocycles. The van der Waals surface area contributed by atoms with Crippen molar-refractivity contribution < 1.29 is 0 Å². The summed E-state index contributed by atoms with van der Waals surface area (Å²) in [7, 11) is 0. The first-order valence-electron chi connectivity index (χ1n) is 5.93. The highest BCUT2D eigenvalue weighted by Gasteiger charge is 2.18. The number of hydrogen-bond acceptors (Lipinski definition) is 4. The van der Waals surface area contributed by atoms with Crippen molar-refractivity contribution in [3.63, 3.8) is 0 Å². The van der Waals surface area contributed by atoms with Crippen molar-refractivity contribution in [2.75, 3.05) is 6.54 Å². The lowest BCUT2D eigenvalue weighted by molar-refractivity contribution is 0.658. The summed E-state index contributed by atoms with van der Waals surface area (Å²) < 4.78 is 1.57. The van der Waals surface area contributed by atoms with Crippen LogP contribution in [-0.4, -0.2) is 21.3 Å². The van der Waals surface area contributed by atoms with Gasteiger partial charge in [0.25, 0.3) is 0 Å². The molecule has 0 aliphatic rings. The molecule has 0 aliphatic heterocycles. The Morgan fingerprint density at radius 2 is 2.26 bits per heavy atom. The summed E-state index contributed by atoms with van der Waals surface area (Å²) in [5.41, 5.74) is 6.56. The third kappa shape index (κ3) is 3.02. The van der Waals surface area contributed by atoms with E-state index in [2.05, 4.69) is 10.2 Å². The summed E-state index contributed by atoms with van der Waals surface area (Å²) in [6, 6.07) is 7.56. The molecule has 19 heavy (non-hydrogen) atoms. The van der Waals surface area contributed by atoms with Crippen LogP contribution in [0, 0.1) is 0 Å². The number of aromatic nitrogens is 3. The van der Waals surface area contributed by atoms with E-state index in [0.717, 1.165) is 5.56 Å². The molecular formula is C12H15ClN4OS. The van der Waals surface area contributed by atoms with Gasteiger partial charge in [-0.15, -0.1) is 5.10 Å². The minimum absolute atomic E-state index is 0.0331. The predicted molar refractivity (Wildman–Crippen MR) is 77.6 cm³/mol. The van der Waals surface area contributed by atoms with E-state index in [4.69, 9.17) is 17.3 Å². The number of nitrogens with zero attached hydrogens (tertiary/aromatic N) is 2. The largest absolute Gasteiger partial charge is 0.343 e. The van der Waals surface area contributed by atoms with E-state index in [0.29, 0.717) is 23.3 Å². The molecule has 0 saturated heterocycles. The van der Waals surface area contributed by atoms with Crippen LogP contribution in [0.3, 0.4) is 0 Å². The predicted octanol–water partition coefficient (Wildman–Crippen LogP) is 2.04. The van der Waals surface area contributed by atoms with Crippen LogP contribution in [0.4, 0.5) is 0 Å². The molecule has 1 aromatic carbocycles. The summed E-state index contributed by atoms with van der Waals surface area (Å²) in [4.78, 5) is 11.5. The summed E-state index contributed by atoms with van der Waals surface area (Å²) in [5, 5.41) is 7.73. The standard InChI is InChI=1S/C12H15ClN4OS/c1-2-17-11(18)15-16-12(17)19-10(7-14)8-5-3-4-6-9(8)13/h3-6,10H,2,7,14H2,1H3,(H,15,18). The summed E-state index contributed by atoms with van der Waals surface area (Å²) in [5.74, 6) is 0. The topological polar surface area (TPSA) is 76.7 Å². The number of halogens is 1. The Hall–Kier alpha value is -1.24. The molecule has 102 valence electrons.